The summed E-state index contributed by atoms with van der Waals surface area (Å²) >= 11 is 0. The molecule has 112 valence electrons. The molecule has 0 saturated carbocycles. The predicted molar refractivity (Wildman–Crippen MR) is 79.3 cm³/mol. The number of esters is 1. The maximum absolute atomic E-state index is 10.5. The Kier molecular flexibility index (Phi) is 7.04. The van der Waals surface area contributed by atoms with Gasteiger partial charge in [0.25, 0.3) is 0 Å². The highest BCUT2D eigenvalue weighted by Gasteiger charge is 1.96. The molecule has 2 aromatic rings. The van der Waals surface area contributed by atoms with E-state index in [1.165, 1.54) is 6.92 Å². The van der Waals surface area contributed by atoms with Crippen LogP contribution in [0.5, 0.6) is 0 Å². The van der Waals surface area contributed by atoms with Gasteiger partial charge in [0.05, 0.1) is 18.0 Å². The number of carbonyl (C=O) groups excluding carboxylic acids is 1. The number of aryl methyl sites for hydroxylation is 2. The minimum atomic E-state index is -0.279. The Bertz CT molecular complexity index is 585. The standard InChI is InChI=1S/C9H11NO2.C7H9NO/c1-7-4-3-5-9(10-7)6-12-8(2)11;1-6-3-2-4-7(5-9)8-6/h3-5H,6H2,1-2H3;2-4,9H,5H2,1H3. The topological polar surface area (TPSA) is 72.3 Å². The van der Waals surface area contributed by atoms with Crippen molar-refractivity contribution in [2.24, 2.45) is 0 Å². The minimum Gasteiger partial charge on any atom is -0.459 e. The third-order valence-corrected chi connectivity index (χ3v) is 2.48. The molecule has 2 aromatic heterocycles. The lowest BCUT2D eigenvalue weighted by molar-refractivity contribution is -0.142. The van der Waals surface area contributed by atoms with Gasteiger partial charge in [-0.1, -0.05) is 12.1 Å². The summed E-state index contributed by atoms with van der Waals surface area (Å²) in [5.74, 6) is -0.279. The molecule has 0 aromatic carbocycles. The average molecular weight is 288 g/mol. The molecule has 1 N–H and O–H groups in total. The van der Waals surface area contributed by atoms with Crippen molar-refractivity contribution >= 4 is 5.97 Å². The lowest BCUT2D eigenvalue weighted by Crippen LogP contribution is -2.00. The molecule has 5 nitrogen and oxygen atoms in total. The van der Waals surface area contributed by atoms with E-state index in [-0.39, 0.29) is 19.2 Å². The van der Waals surface area contributed by atoms with Gasteiger partial charge in [0.2, 0.25) is 0 Å². The molecule has 0 unspecified atom stereocenters. The van der Waals surface area contributed by atoms with E-state index >= 15 is 0 Å². The van der Waals surface area contributed by atoms with Gasteiger partial charge in [0, 0.05) is 18.3 Å². The summed E-state index contributed by atoms with van der Waals surface area (Å²) in [4.78, 5) is 18.7. The first-order chi connectivity index (χ1) is 10.0. The molecule has 0 atom stereocenters. The van der Waals surface area contributed by atoms with Gasteiger partial charge in [-0.25, -0.2) is 0 Å². The molecule has 0 radical (unpaired) electrons. The van der Waals surface area contributed by atoms with Crippen LogP contribution in [0, 0.1) is 13.8 Å². The maximum atomic E-state index is 10.5. The molecule has 0 fully saturated rings. The van der Waals surface area contributed by atoms with Gasteiger partial charge in [-0.05, 0) is 38.1 Å². The molecule has 0 aliphatic rings. The molecule has 0 saturated heterocycles. The Labute approximate surface area is 124 Å². The molecule has 0 amide bonds. The number of ether oxygens (including phenoxy) is 1. The summed E-state index contributed by atoms with van der Waals surface area (Å²) in [6.07, 6.45) is 0. The van der Waals surface area contributed by atoms with E-state index in [1.807, 2.05) is 44.2 Å². The summed E-state index contributed by atoms with van der Waals surface area (Å²) in [6.45, 7) is 5.48. The quantitative estimate of drug-likeness (QED) is 0.878. The van der Waals surface area contributed by atoms with Crippen molar-refractivity contribution in [1.29, 1.82) is 0 Å². The van der Waals surface area contributed by atoms with Crippen molar-refractivity contribution in [3.63, 3.8) is 0 Å². The van der Waals surface area contributed by atoms with Crippen LogP contribution in [0.2, 0.25) is 0 Å². The normalized spacial score (nSPS) is 9.52. The largest absolute Gasteiger partial charge is 0.459 e. The van der Waals surface area contributed by atoms with Gasteiger partial charge in [-0.3, -0.25) is 14.8 Å². The Morgan fingerprint density at radius 2 is 1.57 bits per heavy atom. The number of hydrogen-bond acceptors (Lipinski definition) is 5. The van der Waals surface area contributed by atoms with E-state index in [0.717, 1.165) is 22.8 Å². The van der Waals surface area contributed by atoms with Gasteiger partial charge in [-0.15, -0.1) is 0 Å². The fourth-order valence-electron chi connectivity index (χ4n) is 1.54. The second-order valence-corrected chi connectivity index (χ2v) is 4.48. The fraction of sp³-hybridized carbons (Fsp3) is 0.312. The van der Waals surface area contributed by atoms with Crippen molar-refractivity contribution < 1.29 is 14.6 Å². The molecule has 5 heteroatoms. The zero-order valence-electron chi connectivity index (χ0n) is 12.5. The van der Waals surface area contributed by atoms with Crippen LogP contribution < -0.4 is 0 Å². The van der Waals surface area contributed by atoms with Crippen LogP contribution >= 0.6 is 0 Å². The van der Waals surface area contributed by atoms with E-state index in [1.54, 1.807) is 6.07 Å². The van der Waals surface area contributed by atoms with Crippen LogP contribution in [0.15, 0.2) is 36.4 Å². The van der Waals surface area contributed by atoms with Crippen LogP contribution in [-0.4, -0.2) is 21.0 Å². The van der Waals surface area contributed by atoms with Crippen LogP contribution in [0.25, 0.3) is 0 Å². The lowest BCUT2D eigenvalue weighted by Gasteiger charge is -2.01. The molecule has 0 bridgehead atoms. The first kappa shape index (κ1) is 16.8. The van der Waals surface area contributed by atoms with Gasteiger partial charge in [0.1, 0.15) is 6.61 Å². The van der Waals surface area contributed by atoms with E-state index in [0.29, 0.717) is 0 Å². The van der Waals surface area contributed by atoms with E-state index < -0.39 is 0 Å². The first-order valence-electron chi connectivity index (χ1n) is 6.60. The van der Waals surface area contributed by atoms with Gasteiger partial charge >= 0.3 is 5.97 Å². The van der Waals surface area contributed by atoms with Crippen LogP contribution in [-0.2, 0) is 22.7 Å². The average Bonchev–Trinajstić information content (AvgIpc) is 2.46. The highest BCUT2D eigenvalue weighted by atomic mass is 16.5. The SMILES string of the molecule is CC(=O)OCc1cccc(C)n1.Cc1cccc(CO)n1. The maximum Gasteiger partial charge on any atom is 0.303 e. The van der Waals surface area contributed by atoms with Gasteiger partial charge in [-0.2, -0.15) is 0 Å². The van der Waals surface area contributed by atoms with E-state index in [9.17, 15) is 4.79 Å². The number of rotatable bonds is 3. The summed E-state index contributed by atoms with van der Waals surface area (Å²) in [5, 5.41) is 8.60. The Balaban J connectivity index is 0.000000219. The lowest BCUT2D eigenvalue weighted by atomic mass is 10.3. The molecule has 21 heavy (non-hydrogen) atoms. The third-order valence-electron chi connectivity index (χ3n) is 2.48. The number of pyridine rings is 2. The number of hydrogen-bond donors (Lipinski definition) is 1. The van der Waals surface area contributed by atoms with Gasteiger partial charge < -0.3 is 9.84 Å². The molecular weight excluding hydrogens is 268 g/mol. The van der Waals surface area contributed by atoms with Crippen molar-refractivity contribution in [3.05, 3.63) is 59.2 Å². The number of carbonyl (C=O) groups is 1. The van der Waals surface area contributed by atoms with Gasteiger partial charge in [0.15, 0.2) is 0 Å². The Hall–Kier alpha value is -2.27. The summed E-state index contributed by atoms with van der Waals surface area (Å²) < 4.78 is 4.78. The third kappa shape index (κ3) is 7.17. The summed E-state index contributed by atoms with van der Waals surface area (Å²) in [6, 6.07) is 11.2. The van der Waals surface area contributed by atoms with E-state index in [4.69, 9.17) is 9.84 Å². The van der Waals surface area contributed by atoms with Crippen molar-refractivity contribution in [2.45, 2.75) is 34.0 Å². The molecule has 2 rings (SSSR count). The highest BCUT2D eigenvalue weighted by Crippen LogP contribution is 1.99. The smallest absolute Gasteiger partial charge is 0.303 e. The molecule has 0 spiro atoms. The molecular formula is C16H20N2O3. The Morgan fingerprint density at radius 1 is 1.05 bits per heavy atom. The molecule has 0 aliphatic heterocycles. The number of aliphatic hydroxyl groups is 1. The second-order valence-electron chi connectivity index (χ2n) is 4.48. The summed E-state index contributed by atoms with van der Waals surface area (Å²) in [5.41, 5.74) is 3.39. The van der Waals surface area contributed by atoms with Crippen molar-refractivity contribution in [2.75, 3.05) is 0 Å². The molecule has 2 heterocycles. The number of nitrogens with zero attached hydrogens (tertiary/aromatic N) is 2. The van der Waals surface area contributed by atoms with Crippen molar-refractivity contribution in [3.8, 4) is 0 Å². The monoisotopic (exact) mass is 288 g/mol. The summed E-state index contributed by atoms with van der Waals surface area (Å²) in [7, 11) is 0. The van der Waals surface area contributed by atoms with Crippen LogP contribution in [0.4, 0.5) is 0 Å². The van der Waals surface area contributed by atoms with Crippen LogP contribution in [0.1, 0.15) is 29.7 Å². The Morgan fingerprint density at radius 3 is 2.00 bits per heavy atom. The fourth-order valence-corrected chi connectivity index (χ4v) is 1.54. The highest BCUT2D eigenvalue weighted by molar-refractivity contribution is 5.65. The zero-order chi connectivity index (χ0) is 15.7. The van der Waals surface area contributed by atoms with E-state index in [2.05, 4.69) is 9.97 Å². The minimum absolute atomic E-state index is 0.0294. The zero-order valence-corrected chi connectivity index (χ0v) is 12.5. The van der Waals surface area contributed by atoms with Crippen molar-refractivity contribution in [1.82, 2.24) is 9.97 Å². The van der Waals surface area contributed by atoms with Crippen LogP contribution in [0.3, 0.4) is 0 Å². The molecule has 0 aliphatic carbocycles. The first-order valence-corrected chi connectivity index (χ1v) is 6.60. The predicted octanol–water partition coefficient (Wildman–Crippen LogP) is 2.34. The number of aliphatic hydroxyl groups excluding tert-OH is 1. The second kappa shape index (κ2) is 8.81. The number of aromatic nitrogens is 2.